The van der Waals surface area contributed by atoms with Gasteiger partial charge in [-0.15, -0.1) is 0 Å². The smallest absolute Gasteiger partial charge is 0.209 e. The molecule has 1 aliphatic carbocycles. The maximum atomic E-state index is 10.5. The van der Waals surface area contributed by atoms with Gasteiger partial charge in [0.1, 0.15) is 0 Å². The molecule has 2 atom stereocenters. The third kappa shape index (κ3) is 2.20. The van der Waals surface area contributed by atoms with E-state index in [9.17, 15) is 10.1 Å². The Morgan fingerprint density at radius 2 is 1.85 bits per heavy atom. The topological polar surface area (TPSA) is 43.1 Å². The van der Waals surface area contributed by atoms with Gasteiger partial charge in [0.05, 0.1) is 0 Å². The molecule has 0 amide bonds. The lowest BCUT2D eigenvalue weighted by molar-refractivity contribution is -0.497. The van der Waals surface area contributed by atoms with E-state index >= 15 is 0 Å². The number of nitro groups is 1. The van der Waals surface area contributed by atoms with Gasteiger partial charge >= 0.3 is 0 Å². The van der Waals surface area contributed by atoms with Crippen molar-refractivity contribution in [3.8, 4) is 0 Å². The van der Waals surface area contributed by atoms with Gasteiger partial charge in [0.15, 0.2) is 0 Å². The average molecular weight is 185 g/mol. The molecule has 1 aliphatic rings. The molecule has 0 bridgehead atoms. The first-order valence-corrected chi connectivity index (χ1v) is 5.11. The second-order valence-corrected chi connectivity index (χ2v) is 4.71. The van der Waals surface area contributed by atoms with Crippen molar-refractivity contribution in [3.05, 3.63) is 10.1 Å². The fraction of sp³-hybridized carbons (Fsp3) is 1.00. The largest absolute Gasteiger partial charge is 0.265 e. The predicted octanol–water partition coefficient (Wildman–Crippen LogP) is 2.73. The Morgan fingerprint density at radius 1 is 1.38 bits per heavy atom. The first-order valence-electron chi connectivity index (χ1n) is 5.11. The molecule has 1 fully saturated rings. The highest BCUT2D eigenvalue weighted by atomic mass is 16.6. The zero-order valence-electron chi connectivity index (χ0n) is 8.75. The SMILES string of the molecule is CCC1(C[N+](=O)[O-])C[C@H](C)[C@@H](C)C1. The molecule has 13 heavy (non-hydrogen) atoms. The van der Waals surface area contributed by atoms with Crippen LogP contribution in [0.15, 0.2) is 0 Å². The minimum atomic E-state index is -0.145. The zero-order valence-corrected chi connectivity index (χ0v) is 8.75. The molecule has 1 saturated carbocycles. The molecule has 3 heteroatoms. The molecular formula is C10H19NO2. The molecular weight excluding hydrogens is 166 g/mol. The Morgan fingerprint density at radius 3 is 2.15 bits per heavy atom. The van der Waals surface area contributed by atoms with Gasteiger partial charge in [0.25, 0.3) is 0 Å². The Hall–Kier alpha value is -0.600. The molecule has 3 nitrogen and oxygen atoms in total. The van der Waals surface area contributed by atoms with Crippen molar-refractivity contribution in [1.29, 1.82) is 0 Å². The van der Waals surface area contributed by atoms with Crippen LogP contribution in [0.5, 0.6) is 0 Å². The normalized spacial score (nSPS) is 31.9. The molecule has 0 radical (unpaired) electrons. The molecule has 0 aromatic carbocycles. The van der Waals surface area contributed by atoms with Gasteiger partial charge in [-0.1, -0.05) is 20.8 Å². The molecule has 0 spiro atoms. The summed E-state index contributed by atoms with van der Waals surface area (Å²) in [7, 11) is 0. The fourth-order valence-corrected chi connectivity index (χ4v) is 2.66. The monoisotopic (exact) mass is 185 g/mol. The lowest BCUT2D eigenvalue weighted by Gasteiger charge is -2.22. The molecule has 0 aromatic heterocycles. The van der Waals surface area contributed by atoms with E-state index in [2.05, 4.69) is 20.8 Å². The van der Waals surface area contributed by atoms with E-state index in [0.29, 0.717) is 11.8 Å². The summed E-state index contributed by atoms with van der Waals surface area (Å²) in [5, 5.41) is 10.5. The maximum absolute atomic E-state index is 10.5. The third-order valence-electron chi connectivity index (χ3n) is 3.70. The second-order valence-electron chi connectivity index (χ2n) is 4.71. The predicted molar refractivity (Wildman–Crippen MR) is 52.1 cm³/mol. The van der Waals surface area contributed by atoms with Crippen LogP contribution in [0.1, 0.15) is 40.0 Å². The molecule has 0 aromatic rings. The van der Waals surface area contributed by atoms with Gasteiger partial charge in [-0.2, -0.15) is 0 Å². The summed E-state index contributed by atoms with van der Waals surface area (Å²) in [6, 6.07) is 0. The lowest BCUT2D eigenvalue weighted by atomic mass is 9.82. The summed E-state index contributed by atoms with van der Waals surface area (Å²) in [5.74, 6) is 1.31. The summed E-state index contributed by atoms with van der Waals surface area (Å²) in [5.41, 5.74) is 0.00231. The fourth-order valence-electron chi connectivity index (χ4n) is 2.66. The van der Waals surface area contributed by atoms with Crippen LogP contribution in [0.3, 0.4) is 0 Å². The average Bonchev–Trinajstić information content (AvgIpc) is 2.27. The summed E-state index contributed by atoms with van der Waals surface area (Å²) in [6.07, 6.45) is 3.01. The minimum Gasteiger partial charge on any atom is -0.265 e. The van der Waals surface area contributed by atoms with Crippen LogP contribution in [0.4, 0.5) is 0 Å². The van der Waals surface area contributed by atoms with Crippen LogP contribution in [-0.2, 0) is 0 Å². The Kier molecular flexibility index (Phi) is 2.94. The van der Waals surface area contributed by atoms with Crippen LogP contribution in [0.25, 0.3) is 0 Å². The lowest BCUT2D eigenvalue weighted by Crippen LogP contribution is -2.26. The molecule has 76 valence electrons. The van der Waals surface area contributed by atoms with E-state index in [4.69, 9.17) is 0 Å². The van der Waals surface area contributed by atoms with Crippen LogP contribution >= 0.6 is 0 Å². The highest BCUT2D eigenvalue weighted by Gasteiger charge is 2.43. The second kappa shape index (κ2) is 3.64. The highest BCUT2D eigenvalue weighted by molar-refractivity contribution is 4.89. The van der Waals surface area contributed by atoms with E-state index in [1.165, 1.54) is 0 Å². The molecule has 0 aliphatic heterocycles. The summed E-state index contributed by atoms with van der Waals surface area (Å²) in [4.78, 5) is 10.4. The number of hydrogen-bond donors (Lipinski definition) is 0. The van der Waals surface area contributed by atoms with E-state index in [0.717, 1.165) is 19.3 Å². The van der Waals surface area contributed by atoms with Gasteiger partial charge in [0, 0.05) is 10.3 Å². The van der Waals surface area contributed by atoms with E-state index in [-0.39, 0.29) is 16.9 Å². The van der Waals surface area contributed by atoms with Gasteiger partial charge < -0.3 is 0 Å². The minimum absolute atomic E-state index is 0.00231. The number of nitrogens with zero attached hydrogens (tertiary/aromatic N) is 1. The van der Waals surface area contributed by atoms with Crippen molar-refractivity contribution < 1.29 is 4.92 Å². The van der Waals surface area contributed by atoms with E-state index < -0.39 is 0 Å². The third-order valence-corrected chi connectivity index (χ3v) is 3.70. The molecule has 0 unspecified atom stereocenters. The molecule has 1 rings (SSSR count). The van der Waals surface area contributed by atoms with Crippen molar-refractivity contribution in [3.63, 3.8) is 0 Å². The first-order chi connectivity index (χ1) is 5.99. The van der Waals surface area contributed by atoms with Gasteiger partial charge in [-0.05, 0) is 31.1 Å². The number of rotatable bonds is 3. The van der Waals surface area contributed by atoms with Crippen LogP contribution < -0.4 is 0 Å². The van der Waals surface area contributed by atoms with E-state index in [1.807, 2.05) is 0 Å². The zero-order chi connectivity index (χ0) is 10.1. The number of hydrogen-bond acceptors (Lipinski definition) is 2. The van der Waals surface area contributed by atoms with Gasteiger partial charge in [-0.25, -0.2) is 0 Å². The van der Waals surface area contributed by atoms with Crippen molar-refractivity contribution in [1.82, 2.24) is 0 Å². The van der Waals surface area contributed by atoms with Crippen molar-refractivity contribution in [2.75, 3.05) is 6.54 Å². The Balaban J connectivity index is 2.67. The van der Waals surface area contributed by atoms with E-state index in [1.54, 1.807) is 0 Å². The van der Waals surface area contributed by atoms with Crippen molar-refractivity contribution >= 4 is 0 Å². The summed E-state index contributed by atoms with van der Waals surface area (Å²) >= 11 is 0. The van der Waals surface area contributed by atoms with Crippen LogP contribution in [0, 0.1) is 27.4 Å². The molecule has 0 heterocycles. The van der Waals surface area contributed by atoms with Crippen LogP contribution in [0.2, 0.25) is 0 Å². The Labute approximate surface area is 79.7 Å². The maximum Gasteiger partial charge on any atom is 0.209 e. The Bertz CT molecular complexity index is 193. The standard InChI is InChI=1S/C10H19NO2/c1-4-10(7-11(12)13)5-8(2)9(3)6-10/h8-9H,4-7H2,1-3H3/t8-,9-/m0/s1. The van der Waals surface area contributed by atoms with Crippen LogP contribution in [-0.4, -0.2) is 11.5 Å². The highest BCUT2D eigenvalue weighted by Crippen LogP contribution is 2.47. The molecule has 0 N–H and O–H groups in total. The summed E-state index contributed by atoms with van der Waals surface area (Å²) in [6.45, 7) is 6.66. The van der Waals surface area contributed by atoms with Gasteiger partial charge in [0.2, 0.25) is 6.54 Å². The first kappa shape index (κ1) is 10.5. The summed E-state index contributed by atoms with van der Waals surface area (Å²) < 4.78 is 0. The molecule has 0 saturated heterocycles. The van der Waals surface area contributed by atoms with Crippen molar-refractivity contribution in [2.45, 2.75) is 40.0 Å². The van der Waals surface area contributed by atoms with Gasteiger partial charge in [-0.3, -0.25) is 10.1 Å². The van der Waals surface area contributed by atoms with Crippen molar-refractivity contribution in [2.24, 2.45) is 17.3 Å². The quantitative estimate of drug-likeness (QED) is 0.501.